The van der Waals surface area contributed by atoms with Gasteiger partial charge in [0.05, 0.1) is 22.6 Å². The fraction of sp³-hybridized carbons (Fsp3) is 0.148. The molecule has 204 valence electrons. The summed E-state index contributed by atoms with van der Waals surface area (Å²) in [6.45, 7) is 3.92. The van der Waals surface area contributed by atoms with Crippen LogP contribution in [0, 0.1) is 24.0 Å². The molecule has 0 atom stereocenters. The van der Waals surface area contributed by atoms with Gasteiger partial charge in [-0.3, -0.25) is 19.7 Å². The Hall–Kier alpha value is -4.49. The summed E-state index contributed by atoms with van der Waals surface area (Å²) in [6.07, 6.45) is 1.43. The Morgan fingerprint density at radius 2 is 1.38 bits per heavy atom. The Morgan fingerprint density at radius 1 is 0.875 bits per heavy atom. The Labute approximate surface area is 238 Å². The molecule has 13 heteroatoms. The smallest absolute Gasteiger partial charge is 0.270 e. The number of hydrogen-bond donors (Lipinski definition) is 2. The maximum atomic E-state index is 12.5. The summed E-state index contributed by atoms with van der Waals surface area (Å²) in [5.74, 6) is -0.399. The molecule has 0 aliphatic rings. The van der Waals surface area contributed by atoms with Crippen LogP contribution in [0.4, 0.5) is 17.1 Å². The van der Waals surface area contributed by atoms with Crippen LogP contribution in [-0.2, 0) is 9.59 Å². The van der Waals surface area contributed by atoms with Gasteiger partial charge in [0.2, 0.25) is 22.1 Å². The number of anilines is 2. The number of non-ortho nitro benzene ring substituents is 1. The Bertz CT molecular complexity index is 1460. The molecule has 0 saturated carbocycles. The maximum Gasteiger partial charge on any atom is 0.270 e. The van der Waals surface area contributed by atoms with Gasteiger partial charge in [0, 0.05) is 29.1 Å². The third-order valence-electron chi connectivity index (χ3n) is 5.32. The van der Waals surface area contributed by atoms with Crippen LogP contribution in [0.2, 0.25) is 0 Å². The molecular formula is C27H25N7O4S2. The molecule has 2 N–H and O–H groups in total. The van der Waals surface area contributed by atoms with Crippen molar-refractivity contribution in [2.24, 2.45) is 5.10 Å². The van der Waals surface area contributed by atoms with Crippen LogP contribution in [0.3, 0.4) is 0 Å². The summed E-state index contributed by atoms with van der Waals surface area (Å²) in [7, 11) is 0. The minimum atomic E-state index is -0.488. The first-order valence-corrected chi connectivity index (χ1v) is 14.0. The third-order valence-corrected chi connectivity index (χ3v) is 7.16. The fourth-order valence-corrected chi connectivity index (χ4v) is 4.73. The highest BCUT2D eigenvalue weighted by molar-refractivity contribution is 8.00. The first kappa shape index (κ1) is 28.5. The lowest BCUT2D eigenvalue weighted by atomic mass is 10.2. The Kier molecular flexibility index (Phi) is 9.65. The number of benzene rings is 3. The topological polar surface area (TPSA) is 144 Å². The summed E-state index contributed by atoms with van der Waals surface area (Å²) in [4.78, 5) is 35.7. The number of nitrogens with zero attached hydrogens (tertiary/aromatic N) is 5. The molecule has 11 nitrogen and oxygen atoms in total. The molecule has 1 heterocycles. The van der Waals surface area contributed by atoms with E-state index in [2.05, 4.69) is 25.9 Å². The predicted octanol–water partition coefficient (Wildman–Crippen LogP) is 5.15. The molecule has 0 radical (unpaired) electrons. The molecule has 2 amide bonds. The first-order valence-electron chi connectivity index (χ1n) is 12.0. The van der Waals surface area contributed by atoms with Gasteiger partial charge in [0.25, 0.3) is 5.69 Å². The Morgan fingerprint density at radius 3 is 1.85 bits per heavy atom. The van der Waals surface area contributed by atoms with Crippen LogP contribution in [0.1, 0.15) is 16.7 Å². The summed E-state index contributed by atoms with van der Waals surface area (Å²) >= 11 is 2.24. The van der Waals surface area contributed by atoms with Gasteiger partial charge in [-0.1, -0.05) is 71.0 Å². The number of nitro benzene ring substituents is 1. The first-order chi connectivity index (χ1) is 19.3. The lowest BCUT2D eigenvalue weighted by Crippen LogP contribution is -2.15. The fourth-order valence-electron chi connectivity index (χ4n) is 3.30. The zero-order chi connectivity index (χ0) is 28.5. The second-order valence-corrected chi connectivity index (χ2v) is 10.5. The minimum Gasteiger partial charge on any atom is -0.325 e. The second-order valence-electron chi connectivity index (χ2n) is 8.58. The molecular weight excluding hydrogens is 550 g/mol. The number of aryl methyl sites for hydroxylation is 2. The van der Waals surface area contributed by atoms with Gasteiger partial charge in [-0.15, -0.1) is 10.2 Å². The molecule has 0 fully saturated rings. The quantitative estimate of drug-likeness (QED) is 0.108. The predicted molar refractivity (Wildman–Crippen MR) is 157 cm³/mol. The van der Waals surface area contributed by atoms with Gasteiger partial charge in [0.15, 0.2) is 0 Å². The molecule has 0 bridgehead atoms. The molecule has 1 aromatic heterocycles. The standard InChI is InChI=1S/C27H25N7O4S2/c1-18-6-10-21(11-7-18)29-24(35)16-39-26-31-32-27(40-17-25(36)30-22-12-8-19(2)9-13-22)33(26)28-15-20-4-3-5-23(14-20)34(37)38/h3-15H,16-17H2,1-2H3,(H,29,35)(H,30,36)/b28-15-. The minimum absolute atomic E-state index is 0.0386. The van der Waals surface area contributed by atoms with Gasteiger partial charge in [0.1, 0.15) is 0 Å². The van der Waals surface area contributed by atoms with E-state index >= 15 is 0 Å². The second kappa shape index (κ2) is 13.5. The van der Waals surface area contributed by atoms with Gasteiger partial charge in [-0.25, -0.2) is 0 Å². The van der Waals surface area contributed by atoms with Crippen LogP contribution >= 0.6 is 23.5 Å². The number of aromatic nitrogens is 3. The van der Waals surface area contributed by atoms with Crippen molar-refractivity contribution in [2.45, 2.75) is 24.2 Å². The number of nitrogens with one attached hydrogen (secondary N) is 2. The van der Waals surface area contributed by atoms with Crippen molar-refractivity contribution in [3.8, 4) is 0 Å². The molecule has 0 aliphatic heterocycles. The van der Waals surface area contributed by atoms with E-state index in [-0.39, 0.29) is 29.0 Å². The normalized spacial score (nSPS) is 10.9. The largest absolute Gasteiger partial charge is 0.325 e. The number of rotatable bonds is 11. The van der Waals surface area contributed by atoms with Crippen molar-refractivity contribution in [1.82, 2.24) is 14.9 Å². The third kappa shape index (κ3) is 8.25. The van der Waals surface area contributed by atoms with Crippen LogP contribution in [-0.4, -0.2) is 49.3 Å². The van der Waals surface area contributed by atoms with Crippen LogP contribution in [0.25, 0.3) is 0 Å². The van der Waals surface area contributed by atoms with E-state index < -0.39 is 4.92 Å². The van der Waals surface area contributed by atoms with Crippen molar-refractivity contribution in [3.05, 3.63) is 99.6 Å². The van der Waals surface area contributed by atoms with Gasteiger partial charge in [-0.2, -0.15) is 9.78 Å². The monoisotopic (exact) mass is 575 g/mol. The highest BCUT2D eigenvalue weighted by Crippen LogP contribution is 2.24. The molecule has 0 spiro atoms. The van der Waals surface area contributed by atoms with E-state index in [1.54, 1.807) is 12.1 Å². The molecule has 3 aromatic carbocycles. The number of carbonyl (C=O) groups is 2. The van der Waals surface area contributed by atoms with Crippen molar-refractivity contribution < 1.29 is 14.5 Å². The maximum absolute atomic E-state index is 12.5. The molecule has 0 unspecified atom stereocenters. The molecule has 40 heavy (non-hydrogen) atoms. The molecule has 0 aliphatic carbocycles. The SMILES string of the molecule is Cc1ccc(NC(=O)CSc2nnc(SCC(=O)Nc3ccc(C)cc3)n2/N=C\c2cccc([N+](=O)[O-])c2)cc1. The van der Waals surface area contributed by atoms with Crippen molar-refractivity contribution >= 4 is 58.6 Å². The van der Waals surface area contributed by atoms with Crippen LogP contribution < -0.4 is 10.6 Å². The number of amides is 2. The molecule has 4 aromatic rings. The zero-order valence-electron chi connectivity index (χ0n) is 21.6. The highest BCUT2D eigenvalue weighted by Gasteiger charge is 2.16. The van der Waals surface area contributed by atoms with E-state index in [1.165, 1.54) is 23.0 Å². The average Bonchev–Trinajstić information content (AvgIpc) is 3.33. The lowest BCUT2D eigenvalue weighted by molar-refractivity contribution is -0.384. The van der Waals surface area contributed by atoms with Gasteiger partial charge < -0.3 is 10.6 Å². The highest BCUT2D eigenvalue weighted by atomic mass is 32.2. The van der Waals surface area contributed by atoms with Crippen LogP contribution in [0.5, 0.6) is 0 Å². The van der Waals surface area contributed by atoms with Crippen LogP contribution in [0.15, 0.2) is 88.2 Å². The molecule has 0 saturated heterocycles. The van der Waals surface area contributed by atoms with E-state index in [0.29, 0.717) is 27.3 Å². The van der Waals surface area contributed by atoms with Crippen molar-refractivity contribution in [1.29, 1.82) is 0 Å². The van der Waals surface area contributed by atoms with Gasteiger partial charge in [-0.05, 0) is 38.1 Å². The Balaban J connectivity index is 1.48. The number of hydrogen-bond acceptors (Lipinski definition) is 9. The van der Waals surface area contributed by atoms with Gasteiger partial charge >= 0.3 is 0 Å². The van der Waals surface area contributed by atoms with E-state index in [4.69, 9.17) is 0 Å². The number of nitro groups is 1. The summed E-state index contributed by atoms with van der Waals surface area (Å²) in [5, 5.41) is 30.2. The number of thioether (sulfide) groups is 2. The molecule has 4 rings (SSSR count). The van der Waals surface area contributed by atoms with E-state index in [1.807, 2.05) is 62.4 Å². The average molecular weight is 576 g/mol. The lowest BCUT2D eigenvalue weighted by Gasteiger charge is -2.07. The summed E-state index contributed by atoms with van der Waals surface area (Å²) in [5.41, 5.74) is 3.94. The number of carbonyl (C=O) groups excluding carboxylic acids is 2. The van der Waals surface area contributed by atoms with Crippen molar-refractivity contribution in [3.63, 3.8) is 0 Å². The van der Waals surface area contributed by atoms with Crippen molar-refractivity contribution in [2.75, 3.05) is 22.1 Å². The van der Waals surface area contributed by atoms with E-state index in [9.17, 15) is 19.7 Å². The summed E-state index contributed by atoms with van der Waals surface area (Å²) in [6, 6.07) is 20.9. The van der Waals surface area contributed by atoms with E-state index in [0.717, 1.165) is 34.7 Å². The zero-order valence-corrected chi connectivity index (χ0v) is 23.2. The summed E-state index contributed by atoms with van der Waals surface area (Å²) < 4.78 is 1.41.